The molecule has 9 nitrogen and oxygen atoms in total. The van der Waals surface area contributed by atoms with Gasteiger partial charge in [0, 0.05) is 24.9 Å². The summed E-state index contributed by atoms with van der Waals surface area (Å²) in [6.45, 7) is 0.486. The van der Waals surface area contributed by atoms with Gasteiger partial charge in [-0.1, -0.05) is 102 Å². The summed E-state index contributed by atoms with van der Waals surface area (Å²) in [5, 5.41) is 23.1. The van der Waals surface area contributed by atoms with Crippen molar-refractivity contribution in [3.8, 4) is 28.7 Å². The zero-order valence-corrected chi connectivity index (χ0v) is 33.8. The number of benzene rings is 6. The fourth-order valence-electron chi connectivity index (χ4n) is 7.75. The molecule has 0 bridgehead atoms. The van der Waals surface area contributed by atoms with Crippen LogP contribution in [0.25, 0.3) is 11.1 Å². The zero-order chi connectivity index (χ0) is 41.8. The van der Waals surface area contributed by atoms with Gasteiger partial charge in [0.25, 0.3) is 5.91 Å². The number of nitrogens with zero attached hydrogens (tertiary/aromatic N) is 2. The van der Waals surface area contributed by atoms with Crippen molar-refractivity contribution in [1.29, 1.82) is 5.26 Å². The Morgan fingerprint density at radius 2 is 1.52 bits per heavy atom. The summed E-state index contributed by atoms with van der Waals surface area (Å²) >= 11 is 12.2. The van der Waals surface area contributed by atoms with Gasteiger partial charge < -0.3 is 24.8 Å². The average Bonchev–Trinajstić information content (AvgIpc) is 3.28. The third-order valence-electron chi connectivity index (χ3n) is 11.0. The third-order valence-corrected chi connectivity index (χ3v) is 11.8. The summed E-state index contributed by atoms with van der Waals surface area (Å²) in [5.41, 5.74) is 8.26. The number of carboxylic acid groups (broad SMARTS) is 1. The molecule has 2 aliphatic rings. The molecule has 0 radical (unpaired) electrons. The number of carboxylic acids is 1. The first-order valence-electron chi connectivity index (χ1n) is 19.6. The molecule has 11 heteroatoms. The normalized spacial score (nSPS) is 16.0. The molecule has 2 heterocycles. The highest BCUT2D eigenvalue weighted by Gasteiger charge is 2.38. The van der Waals surface area contributed by atoms with Crippen molar-refractivity contribution in [2.45, 2.75) is 57.0 Å². The van der Waals surface area contributed by atoms with Gasteiger partial charge in [0.1, 0.15) is 36.3 Å². The maximum atomic E-state index is 14.2. The standard InChI is InChI=1S/C49H39Cl2N3O6/c50-41-20-10-32(22-42(41)51)29-59-40-18-15-35(16-19-40)45-21-17-37-24-38-25-44(54(28-39(38)26-46(37)60-45)48(56)36-4-2-1-3-5-36)47(55)53-43(49(57)58)23-30-6-11-33(12-7-30)34-13-8-31(27-52)9-14-34/h1-16,18-20,22,24,26,43-45H,17,21,23,25,28-29H2,(H,53,55)(H,57,58)/t43-,44-,45?/m0/s1. The molecule has 6 aromatic rings. The van der Waals surface area contributed by atoms with Crippen molar-refractivity contribution in [2.75, 3.05) is 0 Å². The van der Waals surface area contributed by atoms with Crippen molar-refractivity contribution < 1.29 is 29.0 Å². The fourth-order valence-corrected chi connectivity index (χ4v) is 8.07. The van der Waals surface area contributed by atoms with Gasteiger partial charge in [-0.05, 0) is 112 Å². The number of nitrogens with one attached hydrogen (secondary N) is 1. The highest BCUT2D eigenvalue weighted by Crippen LogP contribution is 2.39. The Kier molecular flexibility index (Phi) is 11.9. The van der Waals surface area contributed by atoms with Gasteiger partial charge in [0.2, 0.25) is 5.91 Å². The molecule has 60 heavy (non-hydrogen) atoms. The van der Waals surface area contributed by atoms with Crippen molar-refractivity contribution in [1.82, 2.24) is 10.2 Å². The van der Waals surface area contributed by atoms with Gasteiger partial charge in [-0.2, -0.15) is 5.26 Å². The number of hydrogen-bond donors (Lipinski definition) is 2. The fraction of sp³-hybridized carbons (Fsp3) is 0.184. The van der Waals surface area contributed by atoms with E-state index < -0.39 is 24.0 Å². The number of nitriles is 1. The Bertz CT molecular complexity index is 2590. The minimum absolute atomic E-state index is 0.0468. The molecular weight excluding hydrogens is 797 g/mol. The number of fused-ring (bicyclic) bond motifs is 2. The lowest BCUT2D eigenvalue weighted by Gasteiger charge is -2.38. The van der Waals surface area contributed by atoms with Gasteiger partial charge in [0.15, 0.2) is 0 Å². The monoisotopic (exact) mass is 835 g/mol. The predicted molar refractivity (Wildman–Crippen MR) is 229 cm³/mol. The molecule has 1 unspecified atom stereocenters. The number of aliphatic carboxylic acids is 1. The number of carbonyl (C=O) groups excluding carboxylic acids is 2. The van der Waals surface area contributed by atoms with Crippen LogP contribution in [0, 0.1) is 11.3 Å². The molecule has 2 aliphatic heterocycles. The number of aryl methyl sites for hydroxylation is 1. The number of halogens is 2. The summed E-state index contributed by atoms with van der Waals surface area (Å²) in [7, 11) is 0. The second kappa shape index (κ2) is 17.7. The second-order valence-electron chi connectivity index (χ2n) is 15.0. The van der Waals surface area contributed by atoms with E-state index in [1.54, 1.807) is 48.5 Å². The Balaban J connectivity index is 0.974. The van der Waals surface area contributed by atoms with Crippen LogP contribution in [0.4, 0.5) is 0 Å². The molecule has 0 fully saturated rings. The Morgan fingerprint density at radius 1 is 0.817 bits per heavy atom. The maximum Gasteiger partial charge on any atom is 0.326 e. The largest absolute Gasteiger partial charge is 0.489 e. The zero-order valence-electron chi connectivity index (χ0n) is 32.3. The quantitative estimate of drug-likeness (QED) is 0.133. The van der Waals surface area contributed by atoms with Crippen LogP contribution >= 0.6 is 23.2 Å². The van der Waals surface area contributed by atoms with E-state index in [1.165, 1.54) is 4.90 Å². The molecule has 3 atom stereocenters. The molecule has 0 aromatic heterocycles. The van der Waals surface area contributed by atoms with Gasteiger partial charge >= 0.3 is 5.97 Å². The Morgan fingerprint density at radius 3 is 2.20 bits per heavy atom. The highest BCUT2D eigenvalue weighted by atomic mass is 35.5. The Labute approximate surface area is 357 Å². The van der Waals surface area contributed by atoms with Crippen LogP contribution in [0.2, 0.25) is 10.0 Å². The van der Waals surface area contributed by atoms with Gasteiger partial charge in [-0.25, -0.2) is 4.79 Å². The summed E-state index contributed by atoms with van der Waals surface area (Å²) in [5.74, 6) is -0.602. The van der Waals surface area contributed by atoms with E-state index in [1.807, 2.05) is 78.9 Å². The van der Waals surface area contributed by atoms with Gasteiger partial charge in [0.05, 0.1) is 21.7 Å². The first-order chi connectivity index (χ1) is 29.1. The van der Waals surface area contributed by atoms with Crippen LogP contribution in [0.15, 0.2) is 133 Å². The minimum atomic E-state index is -1.23. The predicted octanol–water partition coefficient (Wildman–Crippen LogP) is 9.56. The van der Waals surface area contributed by atoms with E-state index >= 15 is 0 Å². The summed E-state index contributed by atoms with van der Waals surface area (Å²) in [4.78, 5) is 42.4. The lowest BCUT2D eigenvalue weighted by Crippen LogP contribution is -2.56. The third kappa shape index (κ3) is 9.01. The molecule has 0 saturated heterocycles. The van der Waals surface area contributed by atoms with Crippen LogP contribution in [-0.4, -0.2) is 39.9 Å². The maximum absolute atomic E-state index is 14.2. The van der Waals surface area contributed by atoms with E-state index in [0.717, 1.165) is 63.1 Å². The lowest BCUT2D eigenvalue weighted by molar-refractivity contribution is -0.142. The van der Waals surface area contributed by atoms with E-state index in [0.29, 0.717) is 33.5 Å². The first-order valence-corrected chi connectivity index (χ1v) is 20.3. The highest BCUT2D eigenvalue weighted by molar-refractivity contribution is 6.42. The topological polar surface area (TPSA) is 129 Å². The van der Waals surface area contributed by atoms with Gasteiger partial charge in [-0.3, -0.25) is 9.59 Å². The average molecular weight is 837 g/mol. The van der Waals surface area contributed by atoms with Crippen molar-refractivity contribution >= 4 is 41.0 Å². The summed E-state index contributed by atoms with van der Waals surface area (Å²) < 4.78 is 12.6. The number of ether oxygens (including phenoxy) is 2. The van der Waals surface area contributed by atoms with Crippen LogP contribution in [0.5, 0.6) is 11.5 Å². The molecule has 0 aliphatic carbocycles. The van der Waals surface area contributed by atoms with E-state index in [4.69, 9.17) is 37.9 Å². The molecule has 2 amide bonds. The van der Waals surface area contributed by atoms with Crippen molar-refractivity contribution in [3.63, 3.8) is 0 Å². The van der Waals surface area contributed by atoms with E-state index in [2.05, 4.69) is 17.5 Å². The molecule has 6 aromatic carbocycles. The number of rotatable bonds is 11. The molecule has 0 spiro atoms. The minimum Gasteiger partial charge on any atom is -0.489 e. The van der Waals surface area contributed by atoms with E-state index in [-0.39, 0.29) is 31.4 Å². The van der Waals surface area contributed by atoms with Crippen LogP contribution in [0.3, 0.4) is 0 Å². The second-order valence-corrected chi connectivity index (χ2v) is 15.8. The summed E-state index contributed by atoms with van der Waals surface area (Å²) in [6, 6.07) is 40.6. The van der Waals surface area contributed by atoms with Crippen molar-refractivity contribution in [3.05, 3.63) is 188 Å². The van der Waals surface area contributed by atoms with Crippen LogP contribution < -0.4 is 14.8 Å². The molecule has 300 valence electrons. The number of amides is 2. The molecule has 2 N–H and O–H groups in total. The first kappa shape index (κ1) is 40.2. The number of carbonyl (C=O) groups is 3. The smallest absolute Gasteiger partial charge is 0.326 e. The Hall–Kier alpha value is -6.60. The van der Waals surface area contributed by atoms with Crippen molar-refractivity contribution in [2.24, 2.45) is 0 Å². The number of hydrogen-bond acceptors (Lipinski definition) is 6. The molecular formula is C49H39Cl2N3O6. The van der Waals surface area contributed by atoms with E-state index in [9.17, 15) is 19.5 Å². The van der Waals surface area contributed by atoms with Gasteiger partial charge in [-0.15, -0.1) is 0 Å². The lowest BCUT2D eigenvalue weighted by atomic mass is 9.88. The van der Waals surface area contributed by atoms with Crippen LogP contribution in [-0.2, 0) is 42.0 Å². The summed E-state index contributed by atoms with van der Waals surface area (Å²) in [6.07, 6.45) is 1.56. The molecule has 0 saturated carbocycles. The molecule has 8 rings (SSSR count). The van der Waals surface area contributed by atoms with Crippen LogP contribution in [0.1, 0.15) is 61.8 Å². The SMILES string of the molecule is N#Cc1ccc(-c2ccc(C[C@H](NC(=O)[C@@H]3Cc4cc5c(cc4CN3C(=O)c3ccccc3)OC(c3ccc(OCc4ccc(Cl)c(Cl)c4)cc3)CC5)C(=O)O)cc2)cc1.